The summed E-state index contributed by atoms with van der Waals surface area (Å²) in [5.74, 6) is -1.06. The monoisotopic (exact) mass is 457 g/mol. The van der Waals surface area contributed by atoms with E-state index in [4.69, 9.17) is 5.73 Å². The Morgan fingerprint density at radius 2 is 1.79 bits per heavy atom. The van der Waals surface area contributed by atoms with Crippen LogP contribution in [0.2, 0.25) is 0 Å². The largest absolute Gasteiger partial charge is 0.381 e. The van der Waals surface area contributed by atoms with Gasteiger partial charge in [-0.05, 0) is 47.9 Å². The fourth-order valence-electron chi connectivity index (χ4n) is 3.61. The lowest BCUT2D eigenvalue weighted by atomic mass is 10.0. The highest BCUT2D eigenvalue weighted by Crippen LogP contribution is 2.15. The maximum absolute atomic E-state index is 13.7. The van der Waals surface area contributed by atoms with Gasteiger partial charge in [0.05, 0.1) is 0 Å². The number of aromatic amines is 1. The van der Waals surface area contributed by atoms with Crippen LogP contribution in [-0.4, -0.2) is 20.9 Å². The lowest BCUT2D eigenvalue weighted by molar-refractivity contribution is 0.0950. The summed E-state index contributed by atoms with van der Waals surface area (Å²) >= 11 is 0. The first-order valence-electron chi connectivity index (χ1n) is 10.8. The van der Waals surface area contributed by atoms with Gasteiger partial charge in [0.2, 0.25) is 0 Å². The Labute approximate surface area is 195 Å². The number of aromatic nitrogens is 3. The van der Waals surface area contributed by atoms with Crippen molar-refractivity contribution < 1.29 is 9.18 Å². The average Bonchev–Trinajstić information content (AvgIpc) is 2.83. The van der Waals surface area contributed by atoms with Crippen LogP contribution in [0.3, 0.4) is 0 Å². The standard InChI is InChI=1S/C26H24FN5O2/c1-16-21(14-23(27)24(28)32-16)15-31-26(34)20-8-10-29-22(13-20)12-18-6-4-17(5-7-18)11-19-3-2-9-30-25(19)33/h2-10,13-14H,11-12,15H2,1H3,(H2,28,32)(H,30,33)(H,31,34). The zero-order valence-electron chi connectivity index (χ0n) is 18.6. The molecule has 172 valence electrons. The van der Waals surface area contributed by atoms with Gasteiger partial charge in [0.1, 0.15) is 0 Å². The SMILES string of the molecule is Cc1nc(N)c(F)cc1CNC(=O)c1ccnc(Cc2ccc(Cc3ccc[nH]c3=O)cc2)c1. The molecule has 4 N–H and O–H groups in total. The van der Waals surface area contributed by atoms with E-state index in [1.807, 2.05) is 36.4 Å². The predicted molar refractivity (Wildman–Crippen MR) is 128 cm³/mol. The molecule has 0 aliphatic carbocycles. The van der Waals surface area contributed by atoms with Crippen LogP contribution in [0.5, 0.6) is 0 Å². The molecule has 1 aromatic carbocycles. The lowest BCUT2D eigenvalue weighted by Crippen LogP contribution is -2.24. The Kier molecular flexibility index (Phi) is 6.77. The summed E-state index contributed by atoms with van der Waals surface area (Å²) < 4.78 is 13.7. The maximum Gasteiger partial charge on any atom is 0.251 e. The number of pyridine rings is 3. The molecule has 7 nitrogen and oxygen atoms in total. The molecule has 0 aliphatic heterocycles. The zero-order valence-corrected chi connectivity index (χ0v) is 18.6. The molecule has 3 heterocycles. The molecule has 0 radical (unpaired) electrons. The molecule has 0 unspecified atom stereocenters. The van der Waals surface area contributed by atoms with E-state index in [1.165, 1.54) is 6.07 Å². The number of amides is 1. The molecule has 1 amide bonds. The number of hydrogen-bond acceptors (Lipinski definition) is 5. The number of carbonyl (C=O) groups is 1. The van der Waals surface area contributed by atoms with Gasteiger partial charge < -0.3 is 16.0 Å². The van der Waals surface area contributed by atoms with Crippen LogP contribution < -0.4 is 16.6 Å². The van der Waals surface area contributed by atoms with Crippen molar-refractivity contribution in [1.29, 1.82) is 0 Å². The minimum absolute atomic E-state index is 0.0844. The topological polar surface area (TPSA) is 114 Å². The Morgan fingerprint density at radius 3 is 2.53 bits per heavy atom. The number of nitrogens with one attached hydrogen (secondary N) is 2. The van der Waals surface area contributed by atoms with Crippen molar-refractivity contribution in [2.24, 2.45) is 0 Å². The molecule has 0 aliphatic rings. The van der Waals surface area contributed by atoms with Gasteiger partial charge in [0, 0.05) is 54.3 Å². The van der Waals surface area contributed by atoms with Crippen LogP contribution in [-0.2, 0) is 19.4 Å². The fourth-order valence-corrected chi connectivity index (χ4v) is 3.61. The van der Waals surface area contributed by atoms with Gasteiger partial charge in [0.25, 0.3) is 11.5 Å². The number of H-pyrrole nitrogens is 1. The van der Waals surface area contributed by atoms with Gasteiger partial charge in [-0.2, -0.15) is 0 Å². The molecule has 34 heavy (non-hydrogen) atoms. The maximum atomic E-state index is 13.7. The van der Waals surface area contributed by atoms with Gasteiger partial charge in [-0.1, -0.05) is 30.3 Å². The Hall–Kier alpha value is -4.33. The minimum atomic E-state index is -0.609. The second-order valence-corrected chi connectivity index (χ2v) is 8.01. The van der Waals surface area contributed by atoms with E-state index in [1.54, 1.807) is 31.5 Å². The van der Waals surface area contributed by atoms with E-state index in [2.05, 4.69) is 20.3 Å². The predicted octanol–water partition coefficient (Wildman–Crippen LogP) is 3.31. The first-order chi connectivity index (χ1) is 16.4. The van der Waals surface area contributed by atoms with Crippen LogP contribution in [0.4, 0.5) is 10.2 Å². The van der Waals surface area contributed by atoms with Gasteiger partial charge >= 0.3 is 0 Å². The number of rotatable bonds is 7. The van der Waals surface area contributed by atoms with E-state index < -0.39 is 5.82 Å². The summed E-state index contributed by atoms with van der Waals surface area (Å²) in [4.78, 5) is 35.5. The van der Waals surface area contributed by atoms with Crippen molar-refractivity contribution >= 4 is 11.7 Å². The molecular formula is C26H24FN5O2. The molecule has 8 heteroatoms. The number of hydrogen-bond donors (Lipinski definition) is 3. The normalized spacial score (nSPS) is 10.8. The molecule has 0 saturated heterocycles. The summed E-state index contributed by atoms with van der Waals surface area (Å²) in [5.41, 5.74) is 10.5. The Balaban J connectivity index is 1.39. The van der Waals surface area contributed by atoms with Crippen molar-refractivity contribution in [3.63, 3.8) is 0 Å². The van der Waals surface area contributed by atoms with Crippen molar-refractivity contribution in [1.82, 2.24) is 20.3 Å². The number of carbonyl (C=O) groups excluding carboxylic acids is 1. The highest BCUT2D eigenvalue weighted by molar-refractivity contribution is 5.94. The van der Waals surface area contributed by atoms with Gasteiger partial charge in [-0.15, -0.1) is 0 Å². The average molecular weight is 458 g/mol. The second-order valence-electron chi connectivity index (χ2n) is 8.01. The summed E-state index contributed by atoms with van der Waals surface area (Å²) in [7, 11) is 0. The lowest BCUT2D eigenvalue weighted by Gasteiger charge is -2.10. The number of benzene rings is 1. The molecule has 0 atom stereocenters. The first-order valence-corrected chi connectivity index (χ1v) is 10.8. The number of nitrogen functional groups attached to an aromatic ring is 1. The summed E-state index contributed by atoms with van der Waals surface area (Å²) in [6, 6.07) is 16.2. The number of aryl methyl sites for hydroxylation is 1. The minimum Gasteiger partial charge on any atom is -0.381 e. The number of nitrogens with two attached hydrogens (primary N) is 1. The summed E-state index contributed by atoms with van der Waals surface area (Å²) in [5, 5.41) is 2.79. The van der Waals surface area contributed by atoms with Gasteiger partial charge in [0.15, 0.2) is 11.6 Å². The van der Waals surface area contributed by atoms with Crippen molar-refractivity contribution in [3.8, 4) is 0 Å². The zero-order chi connectivity index (χ0) is 24.1. The van der Waals surface area contributed by atoms with Gasteiger partial charge in [-0.25, -0.2) is 9.37 Å². The van der Waals surface area contributed by atoms with Crippen molar-refractivity contribution in [2.75, 3.05) is 5.73 Å². The highest BCUT2D eigenvalue weighted by atomic mass is 19.1. The number of nitrogens with zero attached hydrogens (tertiary/aromatic N) is 2. The van der Waals surface area contributed by atoms with E-state index in [-0.39, 0.29) is 23.8 Å². The second kappa shape index (κ2) is 10.1. The third-order valence-corrected chi connectivity index (χ3v) is 5.52. The first kappa shape index (κ1) is 22.8. The summed E-state index contributed by atoms with van der Waals surface area (Å²) in [6.45, 7) is 1.85. The third kappa shape index (κ3) is 5.53. The van der Waals surface area contributed by atoms with Crippen molar-refractivity contribution in [2.45, 2.75) is 26.3 Å². The van der Waals surface area contributed by atoms with Crippen molar-refractivity contribution in [3.05, 3.63) is 122 Å². The third-order valence-electron chi connectivity index (χ3n) is 5.52. The molecular weight excluding hydrogens is 433 g/mol. The quantitative estimate of drug-likeness (QED) is 0.394. The van der Waals surface area contributed by atoms with Crippen LogP contribution >= 0.6 is 0 Å². The van der Waals surface area contributed by atoms with Crippen LogP contribution in [0.1, 0.15) is 44.0 Å². The molecule has 4 aromatic rings. The Bertz CT molecular complexity index is 1380. The smallest absolute Gasteiger partial charge is 0.251 e. The number of anilines is 1. The molecule has 0 fully saturated rings. The molecule has 0 bridgehead atoms. The highest BCUT2D eigenvalue weighted by Gasteiger charge is 2.11. The fraction of sp³-hybridized carbons (Fsp3) is 0.154. The molecule has 0 saturated carbocycles. The van der Waals surface area contributed by atoms with E-state index in [9.17, 15) is 14.0 Å². The van der Waals surface area contributed by atoms with Gasteiger partial charge in [-0.3, -0.25) is 14.6 Å². The van der Waals surface area contributed by atoms with E-state index >= 15 is 0 Å². The van der Waals surface area contributed by atoms with E-state index in [0.29, 0.717) is 35.2 Å². The number of halogens is 1. The molecule has 3 aromatic heterocycles. The summed E-state index contributed by atoms with van der Waals surface area (Å²) in [6.07, 6.45) is 4.32. The van der Waals surface area contributed by atoms with E-state index in [0.717, 1.165) is 16.8 Å². The van der Waals surface area contributed by atoms with Crippen LogP contribution in [0.25, 0.3) is 0 Å². The van der Waals surface area contributed by atoms with Crippen LogP contribution in [0, 0.1) is 12.7 Å². The van der Waals surface area contributed by atoms with Crippen LogP contribution in [0.15, 0.2) is 71.8 Å². The Morgan fingerprint density at radius 1 is 1.06 bits per heavy atom. The molecule has 0 spiro atoms. The molecule has 4 rings (SSSR count).